The van der Waals surface area contributed by atoms with Gasteiger partial charge < -0.3 is 14.4 Å². The number of likely N-dealkylation sites (tertiary alicyclic amines) is 1. The van der Waals surface area contributed by atoms with Crippen LogP contribution in [0.4, 0.5) is 0 Å². The quantitative estimate of drug-likeness (QED) is 0.773. The molecule has 2 aromatic rings. The van der Waals surface area contributed by atoms with Gasteiger partial charge in [0.25, 0.3) is 5.91 Å². The molecule has 0 aliphatic carbocycles. The first-order chi connectivity index (χ1) is 13.1. The largest absolute Gasteiger partial charge is 0.490 e. The first-order valence-corrected chi connectivity index (χ1v) is 9.94. The minimum Gasteiger partial charge on any atom is -0.490 e. The van der Waals surface area contributed by atoms with E-state index in [0.717, 1.165) is 48.4 Å². The molecule has 0 N–H and O–H groups in total. The number of carbonyl (C=O) groups is 1. The van der Waals surface area contributed by atoms with Crippen molar-refractivity contribution in [2.45, 2.75) is 45.1 Å². The number of nitrogens with zero attached hydrogens (tertiary/aromatic N) is 1. The van der Waals surface area contributed by atoms with Crippen molar-refractivity contribution in [1.82, 2.24) is 4.90 Å². The molecule has 0 saturated carbocycles. The molecule has 0 spiro atoms. The lowest BCUT2D eigenvalue weighted by molar-refractivity contribution is 0.0735. The fourth-order valence-electron chi connectivity index (χ4n) is 3.92. The molecule has 1 saturated heterocycles. The highest BCUT2D eigenvalue weighted by Gasteiger charge is 2.31. The Morgan fingerprint density at radius 1 is 1.00 bits per heavy atom. The lowest BCUT2D eigenvalue weighted by Crippen LogP contribution is -2.30. The van der Waals surface area contributed by atoms with Crippen LogP contribution in [0.25, 0.3) is 0 Å². The fourth-order valence-corrected chi connectivity index (χ4v) is 3.92. The van der Waals surface area contributed by atoms with Gasteiger partial charge >= 0.3 is 0 Å². The van der Waals surface area contributed by atoms with Gasteiger partial charge in [0.2, 0.25) is 0 Å². The van der Waals surface area contributed by atoms with Gasteiger partial charge in [-0.25, -0.2) is 0 Å². The maximum absolute atomic E-state index is 13.1. The van der Waals surface area contributed by atoms with Crippen molar-refractivity contribution in [3.63, 3.8) is 0 Å². The van der Waals surface area contributed by atoms with Gasteiger partial charge in [0.05, 0.1) is 19.3 Å². The van der Waals surface area contributed by atoms with Crippen LogP contribution in [0, 0.1) is 0 Å². The van der Waals surface area contributed by atoms with Crippen molar-refractivity contribution >= 4 is 5.91 Å². The average Bonchev–Trinajstić information content (AvgIpc) is 3.06. The van der Waals surface area contributed by atoms with E-state index in [2.05, 4.69) is 38.1 Å². The molecule has 27 heavy (non-hydrogen) atoms. The summed E-state index contributed by atoms with van der Waals surface area (Å²) in [7, 11) is 0. The maximum atomic E-state index is 13.1. The topological polar surface area (TPSA) is 38.8 Å². The van der Waals surface area contributed by atoms with Crippen LogP contribution in [0.1, 0.15) is 66.6 Å². The molecule has 0 aromatic heterocycles. The number of carbonyl (C=O) groups excluding carboxylic acids is 1. The summed E-state index contributed by atoms with van der Waals surface area (Å²) in [6.07, 6.45) is 2.90. The van der Waals surface area contributed by atoms with Gasteiger partial charge in [-0.15, -0.1) is 0 Å². The lowest BCUT2D eigenvalue weighted by atomic mass is 10.0. The standard InChI is InChI=1S/C23H27NO3/c1-16(2)17-6-8-18(9-7-17)23(25)24-12-3-5-20(24)19-10-11-21-22(15-19)27-14-4-13-26-21/h6-11,15-16,20H,3-5,12-14H2,1-2H3/t20-/m1/s1. The third kappa shape index (κ3) is 3.66. The van der Waals surface area contributed by atoms with E-state index in [1.54, 1.807) is 0 Å². The van der Waals surface area contributed by atoms with E-state index >= 15 is 0 Å². The molecule has 2 aliphatic rings. The second-order valence-corrected chi connectivity index (χ2v) is 7.69. The van der Waals surface area contributed by atoms with E-state index in [1.807, 2.05) is 23.1 Å². The number of hydrogen-bond acceptors (Lipinski definition) is 3. The van der Waals surface area contributed by atoms with Crippen molar-refractivity contribution in [2.24, 2.45) is 0 Å². The zero-order chi connectivity index (χ0) is 18.8. The van der Waals surface area contributed by atoms with Crippen LogP contribution >= 0.6 is 0 Å². The van der Waals surface area contributed by atoms with E-state index in [4.69, 9.17) is 9.47 Å². The Morgan fingerprint density at radius 2 is 1.74 bits per heavy atom. The Labute approximate surface area is 161 Å². The molecule has 0 bridgehead atoms. The molecular weight excluding hydrogens is 338 g/mol. The molecule has 4 rings (SSSR count). The van der Waals surface area contributed by atoms with Crippen LogP contribution in [0.5, 0.6) is 11.5 Å². The van der Waals surface area contributed by atoms with Crippen LogP contribution in [0.2, 0.25) is 0 Å². The summed E-state index contributed by atoms with van der Waals surface area (Å²) in [6.45, 7) is 6.48. The molecule has 1 amide bonds. The summed E-state index contributed by atoms with van der Waals surface area (Å²) < 4.78 is 11.6. The Bertz CT molecular complexity index is 813. The lowest BCUT2D eigenvalue weighted by Gasteiger charge is -2.26. The Morgan fingerprint density at radius 3 is 2.48 bits per heavy atom. The first-order valence-electron chi connectivity index (χ1n) is 9.94. The second-order valence-electron chi connectivity index (χ2n) is 7.69. The zero-order valence-electron chi connectivity index (χ0n) is 16.1. The third-order valence-corrected chi connectivity index (χ3v) is 5.49. The van der Waals surface area contributed by atoms with Gasteiger partial charge in [0.1, 0.15) is 0 Å². The summed E-state index contributed by atoms with van der Waals surface area (Å²) in [5, 5.41) is 0. The van der Waals surface area contributed by atoms with E-state index in [-0.39, 0.29) is 11.9 Å². The van der Waals surface area contributed by atoms with E-state index in [1.165, 1.54) is 5.56 Å². The summed E-state index contributed by atoms with van der Waals surface area (Å²) in [6, 6.07) is 14.3. The molecular formula is C23H27NO3. The van der Waals surface area contributed by atoms with Crippen LogP contribution in [-0.2, 0) is 0 Å². The molecule has 1 fully saturated rings. The summed E-state index contributed by atoms with van der Waals surface area (Å²) >= 11 is 0. The minimum atomic E-state index is 0.0967. The second kappa shape index (κ2) is 7.63. The highest BCUT2D eigenvalue weighted by molar-refractivity contribution is 5.94. The van der Waals surface area contributed by atoms with Crippen LogP contribution in [0.15, 0.2) is 42.5 Å². The predicted octanol–water partition coefficient (Wildman–Crippen LogP) is 4.95. The Balaban J connectivity index is 1.57. The Kier molecular flexibility index (Phi) is 5.06. The van der Waals surface area contributed by atoms with E-state index in [9.17, 15) is 4.79 Å². The normalized spacial score (nSPS) is 19.2. The number of hydrogen-bond donors (Lipinski definition) is 0. The molecule has 2 heterocycles. The van der Waals surface area contributed by atoms with Crippen molar-refractivity contribution in [1.29, 1.82) is 0 Å². The van der Waals surface area contributed by atoms with Crippen molar-refractivity contribution in [3.05, 3.63) is 59.2 Å². The number of ether oxygens (including phenoxy) is 2. The SMILES string of the molecule is CC(C)c1ccc(C(=O)N2CCC[C@@H]2c2ccc3c(c2)OCCCO3)cc1. The molecule has 0 radical (unpaired) electrons. The molecule has 2 aliphatic heterocycles. The molecule has 2 aromatic carbocycles. The summed E-state index contributed by atoms with van der Waals surface area (Å²) in [5.41, 5.74) is 3.15. The third-order valence-electron chi connectivity index (χ3n) is 5.49. The molecule has 1 atom stereocenters. The Hall–Kier alpha value is -2.49. The van der Waals surface area contributed by atoms with E-state index in [0.29, 0.717) is 19.1 Å². The predicted molar refractivity (Wildman–Crippen MR) is 106 cm³/mol. The molecule has 4 heteroatoms. The van der Waals surface area contributed by atoms with Crippen LogP contribution < -0.4 is 9.47 Å². The van der Waals surface area contributed by atoms with Crippen molar-refractivity contribution in [3.8, 4) is 11.5 Å². The molecule has 0 unspecified atom stereocenters. The number of amides is 1. The maximum Gasteiger partial charge on any atom is 0.254 e. The average molecular weight is 365 g/mol. The number of benzene rings is 2. The zero-order valence-corrected chi connectivity index (χ0v) is 16.1. The van der Waals surface area contributed by atoms with Gasteiger partial charge in [-0.2, -0.15) is 0 Å². The molecule has 4 nitrogen and oxygen atoms in total. The first kappa shape index (κ1) is 17.9. The van der Waals surface area contributed by atoms with Gasteiger partial charge in [0.15, 0.2) is 11.5 Å². The van der Waals surface area contributed by atoms with Crippen molar-refractivity contribution < 1.29 is 14.3 Å². The van der Waals surface area contributed by atoms with E-state index < -0.39 is 0 Å². The monoisotopic (exact) mass is 365 g/mol. The summed E-state index contributed by atoms with van der Waals surface area (Å²) in [5.74, 6) is 2.18. The van der Waals surface area contributed by atoms with Crippen LogP contribution in [0.3, 0.4) is 0 Å². The highest BCUT2D eigenvalue weighted by atomic mass is 16.5. The van der Waals surface area contributed by atoms with Gasteiger partial charge in [-0.05, 0) is 54.2 Å². The van der Waals surface area contributed by atoms with Gasteiger partial charge in [0, 0.05) is 18.5 Å². The van der Waals surface area contributed by atoms with Gasteiger partial charge in [-0.3, -0.25) is 4.79 Å². The number of fused-ring (bicyclic) bond motifs is 1. The smallest absolute Gasteiger partial charge is 0.254 e. The fraction of sp³-hybridized carbons (Fsp3) is 0.435. The summed E-state index contributed by atoms with van der Waals surface area (Å²) in [4.78, 5) is 15.1. The minimum absolute atomic E-state index is 0.0967. The van der Waals surface area contributed by atoms with Crippen LogP contribution in [-0.4, -0.2) is 30.6 Å². The molecule has 142 valence electrons. The van der Waals surface area contributed by atoms with Crippen molar-refractivity contribution in [2.75, 3.05) is 19.8 Å². The number of rotatable bonds is 3. The highest BCUT2D eigenvalue weighted by Crippen LogP contribution is 2.38. The van der Waals surface area contributed by atoms with Gasteiger partial charge in [-0.1, -0.05) is 32.0 Å².